The molecule has 0 bridgehead atoms. The average molecular weight is 360 g/mol. The average Bonchev–Trinajstić information content (AvgIpc) is 2.57. The van der Waals surface area contributed by atoms with E-state index in [2.05, 4.69) is 10.6 Å². The fourth-order valence-electron chi connectivity index (χ4n) is 3.46. The number of nitrogens with one attached hydrogen (secondary N) is 2. The first-order valence-corrected chi connectivity index (χ1v) is 9.99. The van der Waals surface area contributed by atoms with Gasteiger partial charge in [-0.25, -0.2) is 4.79 Å². The lowest BCUT2D eigenvalue weighted by atomic mass is 9.98. The van der Waals surface area contributed by atoms with Crippen LogP contribution in [0.25, 0.3) is 0 Å². The Hall–Kier alpha value is -2.04. The van der Waals surface area contributed by atoms with E-state index in [-0.39, 0.29) is 18.0 Å². The van der Waals surface area contributed by atoms with Gasteiger partial charge in [0.25, 0.3) is 0 Å². The summed E-state index contributed by atoms with van der Waals surface area (Å²) in [5.74, 6) is 0.0566. The summed E-state index contributed by atoms with van der Waals surface area (Å²) in [7, 11) is 0. The van der Waals surface area contributed by atoms with Crippen molar-refractivity contribution in [1.29, 1.82) is 0 Å². The van der Waals surface area contributed by atoms with Crippen molar-refractivity contribution in [2.75, 3.05) is 5.32 Å². The number of carbonyl (C=O) groups excluding carboxylic acids is 2. The molecular weight excluding hydrogens is 328 g/mol. The van der Waals surface area contributed by atoms with Crippen molar-refractivity contribution >= 4 is 17.7 Å². The third-order valence-corrected chi connectivity index (χ3v) is 4.79. The molecule has 1 aliphatic rings. The summed E-state index contributed by atoms with van der Waals surface area (Å²) < 4.78 is 5.05. The van der Waals surface area contributed by atoms with Gasteiger partial charge >= 0.3 is 12.0 Å². The van der Waals surface area contributed by atoms with Crippen LogP contribution >= 0.6 is 0 Å². The van der Waals surface area contributed by atoms with Crippen LogP contribution in [0.2, 0.25) is 0 Å². The Kier molecular flexibility index (Phi) is 9.01. The summed E-state index contributed by atoms with van der Waals surface area (Å²) in [5.41, 5.74) is 0.620. The maximum atomic E-state index is 12.4. The van der Waals surface area contributed by atoms with Crippen LogP contribution in [0.1, 0.15) is 77.6 Å². The molecule has 1 saturated carbocycles. The highest BCUT2D eigenvalue weighted by atomic mass is 16.5. The van der Waals surface area contributed by atoms with Crippen molar-refractivity contribution in [2.45, 2.75) is 83.6 Å². The molecule has 0 heterocycles. The van der Waals surface area contributed by atoms with E-state index in [1.165, 1.54) is 64.7 Å². The third-order valence-electron chi connectivity index (χ3n) is 4.79. The Morgan fingerprint density at radius 1 is 0.923 bits per heavy atom. The maximum absolute atomic E-state index is 12.4. The highest BCUT2D eigenvalue weighted by Gasteiger charge is 2.13. The van der Waals surface area contributed by atoms with Gasteiger partial charge in [-0.1, -0.05) is 63.9 Å². The van der Waals surface area contributed by atoms with E-state index in [9.17, 15) is 9.59 Å². The molecule has 0 spiro atoms. The van der Waals surface area contributed by atoms with Gasteiger partial charge < -0.3 is 15.4 Å². The predicted octanol–water partition coefficient (Wildman–Crippen LogP) is 5.41. The zero-order valence-corrected chi connectivity index (χ0v) is 15.9. The van der Waals surface area contributed by atoms with Gasteiger partial charge in [0.15, 0.2) is 0 Å². The van der Waals surface area contributed by atoms with Gasteiger partial charge in [-0.15, -0.1) is 0 Å². The second kappa shape index (κ2) is 11.6. The van der Waals surface area contributed by atoms with Crippen molar-refractivity contribution in [3.05, 3.63) is 24.3 Å². The van der Waals surface area contributed by atoms with Crippen LogP contribution in [0.3, 0.4) is 0 Å². The van der Waals surface area contributed by atoms with Gasteiger partial charge in [0.05, 0.1) is 0 Å². The molecule has 5 nitrogen and oxygen atoms in total. The maximum Gasteiger partial charge on any atom is 0.319 e. The Bertz CT molecular complexity index is 562. The molecule has 2 N–H and O–H groups in total. The van der Waals surface area contributed by atoms with Crippen molar-refractivity contribution in [1.82, 2.24) is 5.32 Å². The molecule has 26 heavy (non-hydrogen) atoms. The molecule has 5 heteroatoms. The predicted molar refractivity (Wildman–Crippen MR) is 104 cm³/mol. The molecular formula is C21H32N2O3. The molecule has 0 radical (unpaired) electrons. The summed E-state index contributed by atoms with van der Waals surface area (Å²) in [5, 5.41) is 5.97. The topological polar surface area (TPSA) is 67.4 Å². The zero-order valence-electron chi connectivity index (χ0n) is 15.9. The van der Waals surface area contributed by atoms with Crippen LogP contribution < -0.4 is 15.4 Å². The van der Waals surface area contributed by atoms with E-state index in [4.69, 9.17) is 4.74 Å². The Morgan fingerprint density at radius 3 is 2.08 bits per heavy atom. The fourth-order valence-corrected chi connectivity index (χ4v) is 3.46. The van der Waals surface area contributed by atoms with Crippen LogP contribution in [0, 0.1) is 0 Å². The third kappa shape index (κ3) is 8.37. The normalized spacial score (nSPS) is 17.4. The van der Waals surface area contributed by atoms with Crippen molar-refractivity contribution in [3.8, 4) is 5.75 Å². The molecule has 144 valence electrons. The molecule has 0 atom stereocenters. The minimum Gasteiger partial charge on any atom is -0.427 e. The van der Waals surface area contributed by atoms with Gasteiger partial charge in [-0.05, 0) is 25.0 Å². The molecule has 0 saturated heterocycles. The SMILES string of the molecule is CC(=O)Oc1cccc(NC(=O)NC2CCCCCCCCCCC2)c1. The van der Waals surface area contributed by atoms with E-state index in [1.54, 1.807) is 24.3 Å². The lowest BCUT2D eigenvalue weighted by Gasteiger charge is -2.20. The number of anilines is 1. The second-order valence-corrected chi connectivity index (χ2v) is 7.18. The lowest BCUT2D eigenvalue weighted by Crippen LogP contribution is -2.38. The molecule has 2 rings (SSSR count). The van der Waals surface area contributed by atoms with E-state index >= 15 is 0 Å². The Labute approximate surface area is 156 Å². The van der Waals surface area contributed by atoms with Gasteiger partial charge in [-0.3, -0.25) is 4.79 Å². The van der Waals surface area contributed by atoms with E-state index in [1.807, 2.05) is 0 Å². The zero-order chi connectivity index (χ0) is 18.6. The molecule has 0 aromatic heterocycles. The van der Waals surface area contributed by atoms with E-state index < -0.39 is 0 Å². The summed E-state index contributed by atoms with van der Waals surface area (Å²) in [6, 6.07) is 6.92. The number of ether oxygens (including phenoxy) is 1. The largest absolute Gasteiger partial charge is 0.427 e. The standard InChI is InChI=1S/C21H32N2O3/c1-17(24)26-20-15-11-14-19(16-20)23-21(25)22-18-12-9-7-5-3-2-4-6-8-10-13-18/h11,14-16,18H,2-10,12-13H2,1H3,(H2,22,23,25). The van der Waals surface area contributed by atoms with Crippen molar-refractivity contribution in [3.63, 3.8) is 0 Å². The van der Waals surface area contributed by atoms with Crippen LogP contribution in [-0.2, 0) is 4.79 Å². The van der Waals surface area contributed by atoms with Crippen LogP contribution in [0.4, 0.5) is 10.5 Å². The number of hydrogen-bond donors (Lipinski definition) is 2. The summed E-state index contributed by atoms with van der Waals surface area (Å²) in [6.07, 6.45) is 13.6. The first kappa shape index (κ1) is 20.3. The van der Waals surface area contributed by atoms with Gasteiger partial charge in [0.2, 0.25) is 0 Å². The number of benzene rings is 1. The van der Waals surface area contributed by atoms with Crippen LogP contribution in [0.5, 0.6) is 5.75 Å². The number of hydrogen-bond acceptors (Lipinski definition) is 3. The number of esters is 1. The number of rotatable bonds is 3. The molecule has 1 aliphatic carbocycles. The highest BCUT2D eigenvalue weighted by Crippen LogP contribution is 2.19. The Balaban J connectivity index is 1.84. The molecule has 0 aliphatic heterocycles. The van der Waals surface area contributed by atoms with Gasteiger partial charge in [-0.2, -0.15) is 0 Å². The van der Waals surface area contributed by atoms with Crippen LogP contribution in [0.15, 0.2) is 24.3 Å². The summed E-state index contributed by atoms with van der Waals surface area (Å²) in [4.78, 5) is 23.4. The van der Waals surface area contributed by atoms with Gasteiger partial charge in [0, 0.05) is 24.7 Å². The second-order valence-electron chi connectivity index (χ2n) is 7.18. The van der Waals surface area contributed by atoms with E-state index in [0.29, 0.717) is 11.4 Å². The fraction of sp³-hybridized carbons (Fsp3) is 0.619. The van der Waals surface area contributed by atoms with Crippen LogP contribution in [-0.4, -0.2) is 18.0 Å². The Morgan fingerprint density at radius 2 is 1.50 bits per heavy atom. The van der Waals surface area contributed by atoms with Crippen molar-refractivity contribution in [2.24, 2.45) is 0 Å². The first-order chi connectivity index (χ1) is 12.6. The molecule has 1 aromatic rings. The monoisotopic (exact) mass is 360 g/mol. The summed E-state index contributed by atoms with van der Waals surface area (Å²) >= 11 is 0. The quantitative estimate of drug-likeness (QED) is 0.559. The molecule has 2 amide bonds. The number of urea groups is 1. The molecule has 1 aromatic carbocycles. The minimum absolute atomic E-state index is 0.193. The highest BCUT2D eigenvalue weighted by molar-refractivity contribution is 5.89. The summed E-state index contributed by atoms with van der Waals surface area (Å²) in [6.45, 7) is 1.36. The van der Waals surface area contributed by atoms with Gasteiger partial charge in [0.1, 0.15) is 5.75 Å². The van der Waals surface area contributed by atoms with Crippen molar-refractivity contribution < 1.29 is 14.3 Å². The number of amides is 2. The van der Waals surface area contributed by atoms with E-state index in [0.717, 1.165) is 12.8 Å². The first-order valence-electron chi connectivity index (χ1n) is 9.99. The molecule has 1 fully saturated rings. The number of carbonyl (C=O) groups is 2. The molecule has 0 unspecified atom stereocenters. The minimum atomic E-state index is -0.375. The lowest BCUT2D eigenvalue weighted by molar-refractivity contribution is -0.131. The smallest absolute Gasteiger partial charge is 0.319 e.